The van der Waals surface area contributed by atoms with Crippen molar-refractivity contribution in [1.29, 1.82) is 0 Å². The summed E-state index contributed by atoms with van der Waals surface area (Å²) >= 11 is 0. The Hall–Kier alpha value is -2.11. The van der Waals surface area contributed by atoms with Crippen molar-refractivity contribution in [3.63, 3.8) is 0 Å². The summed E-state index contributed by atoms with van der Waals surface area (Å²) < 4.78 is 36.7. The number of rotatable bonds is 1. The number of ketones is 1. The van der Waals surface area contributed by atoms with Crippen molar-refractivity contribution < 1.29 is 47.9 Å². The van der Waals surface area contributed by atoms with Gasteiger partial charge >= 0.3 is 11.9 Å². The van der Waals surface area contributed by atoms with Gasteiger partial charge in [-0.15, -0.1) is 0 Å². The van der Waals surface area contributed by atoms with E-state index in [0.717, 1.165) is 6.42 Å². The third-order valence-electron chi connectivity index (χ3n) is 11.2. The summed E-state index contributed by atoms with van der Waals surface area (Å²) in [6.07, 6.45) is 4.34. The van der Waals surface area contributed by atoms with E-state index in [1.54, 1.807) is 6.08 Å². The minimum atomic E-state index is -1.54. The molecule has 1 N–H and O–H groups in total. The molecule has 7 rings (SSSR count). The summed E-state index contributed by atoms with van der Waals surface area (Å²) in [7, 11) is 0. The third-order valence-corrected chi connectivity index (χ3v) is 11.2. The molecule has 4 saturated heterocycles. The van der Waals surface area contributed by atoms with Crippen LogP contribution in [0.4, 0.5) is 0 Å². The van der Waals surface area contributed by atoms with Crippen LogP contribution in [0.2, 0.25) is 0 Å². The van der Waals surface area contributed by atoms with Crippen LogP contribution in [0.1, 0.15) is 59.3 Å². The summed E-state index contributed by atoms with van der Waals surface area (Å²) in [5.74, 6) is -1.43. The van der Waals surface area contributed by atoms with Crippen LogP contribution in [0.5, 0.6) is 0 Å². The number of allylic oxidation sites excluding steroid dienone is 2. The maximum atomic E-state index is 13.5. The Morgan fingerprint density at radius 1 is 1.10 bits per heavy atom. The molecule has 0 aromatic carbocycles. The Labute approximate surface area is 226 Å². The normalized spacial score (nSPS) is 53.0. The summed E-state index contributed by atoms with van der Waals surface area (Å²) in [6, 6.07) is 0. The van der Waals surface area contributed by atoms with Gasteiger partial charge in [0.1, 0.15) is 30.0 Å². The lowest BCUT2D eigenvalue weighted by atomic mass is 9.51. The largest absolute Gasteiger partial charge is 0.463 e. The number of hydrogen-bond donors (Lipinski definition) is 1. The molecule has 5 fully saturated rings. The summed E-state index contributed by atoms with van der Waals surface area (Å²) in [5, 5.41) is 11.4. The molecule has 5 heterocycles. The Balaban J connectivity index is 1.29. The number of epoxide rings is 2. The van der Waals surface area contributed by atoms with Crippen LogP contribution < -0.4 is 0 Å². The van der Waals surface area contributed by atoms with Crippen LogP contribution in [-0.2, 0) is 42.8 Å². The van der Waals surface area contributed by atoms with Crippen molar-refractivity contribution in [3.05, 3.63) is 23.8 Å². The molecule has 39 heavy (non-hydrogen) atoms. The lowest BCUT2D eigenvalue weighted by Crippen LogP contribution is -2.67. The van der Waals surface area contributed by atoms with Crippen molar-refractivity contribution in [1.82, 2.24) is 0 Å². The van der Waals surface area contributed by atoms with Crippen LogP contribution >= 0.6 is 0 Å². The van der Waals surface area contributed by atoms with Gasteiger partial charge in [0.25, 0.3) is 0 Å². The highest BCUT2D eigenvalue weighted by atomic mass is 16.7. The van der Waals surface area contributed by atoms with E-state index in [2.05, 4.69) is 19.9 Å². The highest BCUT2D eigenvalue weighted by Gasteiger charge is 2.83. The molecule has 3 spiro atoms. The maximum absolute atomic E-state index is 13.5. The average molecular weight is 545 g/mol. The van der Waals surface area contributed by atoms with E-state index in [4.69, 9.17) is 28.4 Å². The first-order valence-electron chi connectivity index (χ1n) is 14.1. The van der Waals surface area contributed by atoms with E-state index in [1.165, 1.54) is 18.6 Å². The second kappa shape index (κ2) is 8.22. The highest BCUT2D eigenvalue weighted by molar-refractivity contribution is 5.88. The standard InChI is InChI=1S/C29H36O10/c1-16-7-9-26-14-34-23(32)22-28(39-22)10-11-35-27(17(2)30,24(28)33)8-5-4-6-21(31)38-18-13-20(37-19(26)12-16)29(15-36-29)25(18,26)3/h4,6,12,18-20,22,24,33H,5,7-11,13-15H2,1-3H3/b6-4-. The van der Waals surface area contributed by atoms with Gasteiger partial charge in [-0.1, -0.05) is 24.6 Å². The molecule has 4 bridgehead atoms. The van der Waals surface area contributed by atoms with E-state index in [9.17, 15) is 19.5 Å². The minimum Gasteiger partial charge on any atom is -0.463 e. The second-order valence-corrected chi connectivity index (χ2v) is 12.7. The number of carbonyl (C=O) groups is 3. The van der Waals surface area contributed by atoms with Gasteiger partial charge in [-0.25, -0.2) is 9.59 Å². The molecule has 10 atom stereocenters. The fourth-order valence-electron chi connectivity index (χ4n) is 8.58. The zero-order valence-electron chi connectivity index (χ0n) is 22.6. The third kappa shape index (κ3) is 3.18. The minimum absolute atomic E-state index is 0.0267. The molecule has 10 unspecified atom stereocenters. The number of aliphatic hydroxyl groups is 1. The summed E-state index contributed by atoms with van der Waals surface area (Å²) in [5.41, 5.74) is -3.54. The summed E-state index contributed by atoms with van der Waals surface area (Å²) in [4.78, 5) is 39.4. The van der Waals surface area contributed by atoms with E-state index in [1.807, 2.05) is 0 Å². The van der Waals surface area contributed by atoms with Gasteiger partial charge < -0.3 is 33.5 Å². The van der Waals surface area contributed by atoms with Crippen LogP contribution in [0.15, 0.2) is 23.8 Å². The highest BCUT2D eigenvalue weighted by Crippen LogP contribution is 2.72. The Morgan fingerprint density at radius 3 is 2.64 bits per heavy atom. The van der Waals surface area contributed by atoms with E-state index < -0.39 is 57.9 Å². The molecule has 10 heteroatoms. The number of hydrogen-bond acceptors (Lipinski definition) is 10. The smallest absolute Gasteiger partial charge is 0.338 e. The summed E-state index contributed by atoms with van der Waals surface area (Å²) in [6.45, 7) is 6.20. The van der Waals surface area contributed by atoms with Gasteiger partial charge in [0, 0.05) is 24.3 Å². The fraction of sp³-hybridized carbons (Fsp3) is 0.759. The lowest BCUT2D eigenvalue weighted by molar-refractivity contribution is -0.233. The topological polar surface area (TPSA) is 133 Å². The lowest BCUT2D eigenvalue weighted by Gasteiger charge is -2.58. The first-order chi connectivity index (χ1) is 18.5. The fourth-order valence-corrected chi connectivity index (χ4v) is 8.58. The first kappa shape index (κ1) is 25.8. The van der Waals surface area contributed by atoms with Gasteiger partial charge in [0.2, 0.25) is 0 Å². The Bertz CT molecular complexity index is 1190. The molecule has 2 aliphatic carbocycles. The SMILES string of the molecule is CC(=O)C12CC/C=C\C(=O)OC3CC4OC5C=C(C)CCC5(COC(=O)C5OC5(CCO1)C2O)C3(C)C41CO1. The van der Waals surface area contributed by atoms with Crippen LogP contribution in [0.25, 0.3) is 0 Å². The van der Waals surface area contributed by atoms with Crippen LogP contribution in [-0.4, -0.2) is 90.0 Å². The second-order valence-electron chi connectivity index (χ2n) is 12.7. The molecule has 7 aliphatic rings. The predicted octanol–water partition coefficient (Wildman–Crippen LogP) is 1.71. The quantitative estimate of drug-likeness (QED) is 0.295. The number of cyclic esters (lactones) is 1. The number of carbonyl (C=O) groups excluding carboxylic acids is 3. The van der Waals surface area contributed by atoms with E-state index >= 15 is 0 Å². The molecule has 0 radical (unpaired) electrons. The average Bonchev–Trinajstić information content (AvgIpc) is 3.81. The Morgan fingerprint density at radius 2 is 1.90 bits per heavy atom. The van der Waals surface area contributed by atoms with Crippen molar-refractivity contribution in [2.45, 2.75) is 107 Å². The van der Waals surface area contributed by atoms with E-state index in [0.29, 0.717) is 19.4 Å². The molecule has 212 valence electrons. The molecular weight excluding hydrogens is 508 g/mol. The molecule has 5 aliphatic heterocycles. The van der Waals surface area contributed by atoms with Gasteiger partial charge in [0.05, 0.1) is 30.8 Å². The molecular formula is C29H36O10. The van der Waals surface area contributed by atoms with E-state index in [-0.39, 0.29) is 50.5 Å². The number of ether oxygens (including phenoxy) is 6. The molecule has 0 aromatic heterocycles. The first-order valence-corrected chi connectivity index (χ1v) is 14.1. The van der Waals surface area contributed by atoms with Crippen molar-refractivity contribution >= 4 is 17.7 Å². The number of aliphatic hydroxyl groups excluding tert-OH is 1. The maximum Gasteiger partial charge on any atom is 0.338 e. The monoisotopic (exact) mass is 544 g/mol. The van der Waals surface area contributed by atoms with Gasteiger partial charge in [0.15, 0.2) is 17.5 Å². The van der Waals surface area contributed by atoms with Crippen LogP contribution in [0.3, 0.4) is 0 Å². The molecule has 1 saturated carbocycles. The number of esters is 2. The van der Waals surface area contributed by atoms with Gasteiger partial charge in [-0.3, -0.25) is 4.79 Å². The number of fused-ring (bicyclic) bond motifs is 1. The van der Waals surface area contributed by atoms with Crippen LogP contribution in [0, 0.1) is 10.8 Å². The molecule has 0 amide bonds. The zero-order chi connectivity index (χ0) is 27.4. The van der Waals surface area contributed by atoms with Gasteiger partial charge in [-0.05, 0) is 39.5 Å². The van der Waals surface area contributed by atoms with Crippen molar-refractivity contribution in [2.75, 3.05) is 19.8 Å². The molecule has 10 nitrogen and oxygen atoms in total. The zero-order valence-corrected chi connectivity index (χ0v) is 22.6. The Kier molecular flexibility index (Phi) is 5.45. The predicted molar refractivity (Wildman–Crippen MR) is 132 cm³/mol. The van der Waals surface area contributed by atoms with Crippen molar-refractivity contribution in [3.8, 4) is 0 Å². The van der Waals surface area contributed by atoms with Crippen molar-refractivity contribution in [2.24, 2.45) is 10.8 Å². The van der Waals surface area contributed by atoms with Gasteiger partial charge in [-0.2, -0.15) is 0 Å². The molecule has 0 aromatic rings. The number of Topliss-reactive ketones (excluding diaryl/α,β-unsaturated/α-hetero) is 1.